The fourth-order valence-corrected chi connectivity index (χ4v) is 2.15. The number of carbonyl (C=O) groups excluding carboxylic acids is 3. The summed E-state index contributed by atoms with van der Waals surface area (Å²) in [7, 11) is 2.77. The molecule has 0 saturated heterocycles. The second-order valence-electron chi connectivity index (χ2n) is 5.18. The third-order valence-corrected chi connectivity index (χ3v) is 3.50. The van der Waals surface area contributed by atoms with E-state index in [9.17, 15) is 14.4 Å². The highest BCUT2D eigenvalue weighted by atomic mass is 16.5. The first-order chi connectivity index (χ1) is 12.5. The highest BCUT2D eigenvalue weighted by Gasteiger charge is 2.13. The third-order valence-electron chi connectivity index (χ3n) is 3.50. The van der Waals surface area contributed by atoms with Crippen molar-refractivity contribution in [3.05, 3.63) is 71.3 Å². The van der Waals surface area contributed by atoms with Crippen LogP contribution < -0.4 is 4.74 Å². The monoisotopic (exact) mass is 354 g/mol. The summed E-state index contributed by atoms with van der Waals surface area (Å²) in [5.74, 6) is -1.01. The topological polar surface area (TPSA) is 78.9 Å². The lowest BCUT2D eigenvalue weighted by Crippen LogP contribution is -2.13. The van der Waals surface area contributed by atoms with Crippen molar-refractivity contribution >= 4 is 23.8 Å². The lowest BCUT2D eigenvalue weighted by Gasteiger charge is -2.07. The number of carbonyl (C=O) groups is 3. The fraction of sp³-hybridized carbons (Fsp3) is 0.150. The van der Waals surface area contributed by atoms with Crippen LogP contribution in [0.25, 0.3) is 6.08 Å². The normalized spacial score (nSPS) is 10.4. The minimum absolute atomic E-state index is 0.352. The third kappa shape index (κ3) is 5.04. The van der Waals surface area contributed by atoms with Gasteiger partial charge in [-0.2, -0.15) is 0 Å². The molecule has 2 rings (SSSR count). The second-order valence-corrected chi connectivity index (χ2v) is 5.18. The second kappa shape index (κ2) is 9.17. The molecule has 0 aromatic heterocycles. The minimum atomic E-state index is -0.648. The molecule has 0 radical (unpaired) electrons. The summed E-state index contributed by atoms with van der Waals surface area (Å²) in [6.45, 7) is -0.384. The van der Waals surface area contributed by atoms with Crippen LogP contribution in [0.2, 0.25) is 0 Å². The van der Waals surface area contributed by atoms with Crippen molar-refractivity contribution in [3.8, 4) is 5.75 Å². The van der Waals surface area contributed by atoms with Crippen LogP contribution in [-0.4, -0.2) is 38.5 Å². The van der Waals surface area contributed by atoms with E-state index in [1.54, 1.807) is 48.5 Å². The van der Waals surface area contributed by atoms with Crippen molar-refractivity contribution in [1.82, 2.24) is 0 Å². The zero-order valence-electron chi connectivity index (χ0n) is 14.4. The van der Waals surface area contributed by atoms with E-state index in [4.69, 9.17) is 9.47 Å². The summed E-state index contributed by atoms with van der Waals surface area (Å²) >= 11 is 0. The molecule has 0 bridgehead atoms. The Morgan fingerprint density at radius 1 is 0.962 bits per heavy atom. The number of hydrogen-bond acceptors (Lipinski definition) is 6. The van der Waals surface area contributed by atoms with Crippen molar-refractivity contribution in [1.29, 1.82) is 0 Å². The van der Waals surface area contributed by atoms with Crippen LogP contribution in [0.3, 0.4) is 0 Å². The number of methoxy groups -OCH3 is 2. The van der Waals surface area contributed by atoms with Crippen LogP contribution in [0.5, 0.6) is 5.75 Å². The standard InChI is InChI=1S/C20H18O6/c1-24-18-6-4-3-5-16(18)17(21)13-26-19(22)12-9-14-7-10-15(11-8-14)20(23)25-2/h3-12H,13H2,1-2H3/b12-9+. The largest absolute Gasteiger partial charge is 0.496 e. The molecule has 6 nitrogen and oxygen atoms in total. The first-order valence-electron chi connectivity index (χ1n) is 7.74. The molecule has 0 fully saturated rings. The Bertz CT molecular complexity index is 820. The number of esters is 2. The van der Waals surface area contributed by atoms with Crippen LogP contribution >= 0.6 is 0 Å². The van der Waals surface area contributed by atoms with Gasteiger partial charge in [0, 0.05) is 6.08 Å². The quantitative estimate of drug-likeness (QED) is 0.432. The lowest BCUT2D eigenvalue weighted by molar-refractivity contribution is -0.136. The van der Waals surface area contributed by atoms with Gasteiger partial charge in [-0.3, -0.25) is 4.79 Å². The zero-order chi connectivity index (χ0) is 18.9. The molecule has 0 unspecified atom stereocenters. The molecule has 0 aliphatic heterocycles. The molecule has 0 saturated carbocycles. The summed E-state index contributed by atoms with van der Waals surface area (Å²) in [6, 6.07) is 13.2. The number of Topliss-reactive ketones (excluding diaryl/α,β-unsaturated/α-hetero) is 1. The molecular weight excluding hydrogens is 336 g/mol. The van der Waals surface area contributed by atoms with Gasteiger partial charge >= 0.3 is 11.9 Å². The van der Waals surface area contributed by atoms with Gasteiger partial charge in [0.1, 0.15) is 5.75 Å². The molecule has 0 aliphatic carbocycles. The highest BCUT2D eigenvalue weighted by Crippen LogP contribution is 2.17. The molecule has 0 amide bonds. The molecule has 0 atom stereocenters. The maximum Gasteiger partial charge on any atom is 0.337 e. The van der Waals surface area contributed by atoms with E-state index in [2.05, 4.69) is 4.74 Å². The Labute approximate surface area is 151 Å². The van der Waals surface area contributed by atoms with Crippen LogP contribution in [0.15, 0.2) is 54.6 Å². The minimum Gasteiger partial charge on any atom is -0.496 e. The van der Waals surface area contributed by atoms with Crippen LogP contribution in [0, 0.1) is 0 Å². The summed E-state index contributed by atoms with van der Waals surface area (Å²) in [5.41, 5.74) is 1.46. The van der Waals surface area contributed by atoms with Gasteiger partial charge in [0.15, 0.2) is 6.61 Å². The average Bonchev–Trinajstić information content (AvgIpc) is 2.70. The Morgan fingerprint density at radius 2 is 1.65 bits per heavy atom. The van der Waals surface area contributed by atoms with Crippen molar-refractivity contribution in [2.75, 3.05) is 20.8 Å². The molecule has 0 spiro atoms. The van der Waals surface area contributed by atoms with Gasteiger partial charge in [-0.15, -0.1) is 0 Å². The Hall–Kier alpha value is -3.41. The van der Waals surface area contributed by atoms with Gasteiger partial charge in [0.25, 0.3) is 0 Å². The molecule has 26 heavy (non-hydrogen) atoms. The van der Waals surface area contributed by atoms with Crippen LogP contribution in [0.1, 0.15) is 26.3 Å². The number of rotatable bonds is 7. The number of ether oxygens (including phenoxy) is 3. The van der Waals surface area contributed by atoms with Gasteiger partial charge < -0.3 is 14.2 Å². The first kappa shape index (κ1) is 18.9. The number of hydrogen-bond donors (Lipinski definition) is 0. The van der Waals surface area contributed by atoms with E-state index in [-0.39, 0.29) is 12.4 Å². The molecular formula is C20H18O6. The maximum absolute atomic E-state index is 12.1. The van der Waals surface area contributed by atoms with Crippen molar-refractivity contribution < 1.29 is 28.6 Å². The molecule has 2 aromatic carbocycles. The lowest BCUT2D eigenvalue weighted by atomic mass is 10.1. The molecule has 134 valence electrons. The number of benzene rings is 2. The van der Waals surface area contributed by atoms with Gasteiger partial charge in [-0.05, 0) is 35.9 Å². The fourth-order valence-electron chi connectivity index (χ4n) is 2.15. The SMILES string of the molecule is COC(=O)c1ccc(/C=C/C(=O)OCC(=O)c2ccccc2OC)cc1. The van der Waals surface area contributed by atoms with E-state index in [1.807, 2.05) is 0 Å². The van der Waals surface area contributed by atoms with E-state index in [1.165, 1.54) is 26.4 Å². The Kier molecular flexibility index (Phi) is 6.68. The van der Waals surface area contributed by atoms with E-state index >= 15 is 0 Å². The Balaban J connectivity index is 1.91. The maximum atomic E-state index is 12.1. The van der Waals surface area contributed by atoms with Gasteiger partial charge in [-0.25, -0.2) is 9.59 Å². The highest BCUT2D eigenvalue weighted by molar-refractivity contribution is 6.01. The zero-order valence-corrected chi connectivity index (χ0v) is 14.4. The predicted octanol–water partition coefficient (Wildman–Crippen LogP) is 2.92. The number of ketones is 1. The predicted molar refractivity (Wildman–Crippen MR) is 95.1 cm³/mol. The Morgan fingerprint density at radius 3 is 2.31 bits per heavy atom. The van der Waals surface area contributed by atoms with Gasteiger partial charge in [-0.1, -0.05) is 24.3 Å². The van der Waals surface area contributed by atoms with Gasteiger partial charge in [0.2, 0.25) is 5.78 Å². The summed E-state index contributed by atoms with van der Waals surface area (Å²) < 4.78 is 14.7. The molecule has 0 heterocycles. The summed E-state index contributed by atoms with van der Waals surface area (Å²) in [5, 5.41) is 0. The number of para-hydroxylation sites is 1. The van der Waals surface area contributed by atoms with Crippen LogP contribution in [-0.2, 0) is 14.3 Å². The smallest absolute Gasteiger partial charge is 0.337 e. The van der Waals surface area contributed by atoms with Crippen LogP contribution in [0.4, 0.5) is 0 Å². The van der Waals surface area contributed by atoms with Gasteiger partial charge in [0.05, 0.1) is 25.3 Å². The molecule has 2 aromatic rings. The van der Waals surface area contributed by atoms with Crippen molar-refractivity contribution in [3.63, 3.8) is 0 Å². The van der Waals surface area contributed by atoms with E-state index in [0.29, 0.717) is 22.4 Å². The molecule has 0 N–H and O–H groups in total. The van der Waals surface area contributed by atoms with Crippen molar-refractivity contribution in [2.45, 2.75) is 0 Å². The first-order valence-corrected chi connectivity index (χ1v) is 7.74. The molecule has 6 heteroatoms. The summed E-state index contributed by atoms with van der Waals surface area (Å²) in [4.78, 5) is 35.2. The van der Waals surface area contributed by atoms with Crippen molar-refractivity contribution in [2.24, 2.45) is 0 Å². The van der Waals surface area contributed by atoms with E-state index in [0.717, 1.165) is 0 Å². The molecule has 0 aliphatic rings. The van der Waals surface area contributed by atoms with E-state index < -0.39 is 11.9 Å². The average molecular weight is 354 g/mol. The summed E-state index contributed by atoms with van der Waals surface area (Å²) in [6.07, 6.45) is 2.74.